The SMILES string of the molecule is CN1CCC(N2CCN(C3(CC=O)CC(N4Cc5cscc5NC4=O)CC[N@+]3(Cc3ccc(Cl)c(Cl)c3)C(=O)O)CC2)CC1. The number of benzene rings is 1. The lowest BCUT2D eigenvalue weighted by atomic mass is 9.82. The molecule has 0 radical (unpaired) electrons. The van der Waals surface area contributed by atoms with E-state index in [9.17, 15) is 19.5 Å². The minimum absolute atomic E-state index is 0.0461. The zero-order valence-electron chi connectivity index (χ0n) is 25.1. The van der Waals surface area contributed by atoms with Gasteiger partial charge in [0.25, 0.3) is 0 Å². The average molecular weight is 665 g/mol. The number of urea groups is 1. The number of quaternary nitrogens is 1. The summed E-state index contributed by atoms with van der Waals surface area (Å²) in [4.78, 5) is 48.7. The Balaban J connectivity index is 1.35. The Kier molecular flexibility index (Phi) is 9.27. The first kappa shape index (κ1) is 31.7. The molecule has 5 heterocycles. The minimum Gasteiger partial charge on any atom is -0.435 e. The van der Waals surface area contributed by atoms with Gasteiger partial charge < -0.3 is 25.0 Å². The maximum Gasteiger partial charge on any atom is 0.515 e. The Hall–Kier alpha value is -2.25. The van der Waals surface area contributed by atoms with E-state index in [4.69, 9.17) is 23.2 Å². The molecule has 1 aromatic heterocycles. The Morgan fingerprint density at radius 2 is 1.84 bits per heavy atom. The van der Waals surface area contributed by atoms with Gasteiger partial charge in [0.15, 0.2) is 5.66 Å². The molecular formula is C31H41Cl2N6O4S+. The summed E-state index contributed by atoms with van der Waals surface area (Å²) in [6.07, 6.45) is 3.07. The van der Waals surface area contributed by atoms with Crippen molar-refractivity contribution < 1.29 is 24.0 Å². The maximum atomic E-state index is 13.6. The van der Waals surface area contributed by atoms with Crippen LogP contribution in [0.1, 0.15) is 43.2 Å². The molecule has 10 nitrogen and oxygen atoms in total. The van der Waals surface area contributed by atoms with Crippen molar-refractivity contribution in [1.82, 2.24) is 19.6 Å². The van der Waals surface area contributed by atoms with E-state index in [2.05, 4.69) is 27.1 Å². The second-order valence-electron chi connectivity index (χ2n) is 12.8. The zero-order valence-corrected chi connectivity index (χ0v) is 27.4. The number of hydrogen-bond acceptors (Lipinski definition) is 7. The van der Waals surface area contributed by atoms with Crippen LogP contribution in [0, 0.1) is 0 Å². The van der Waals surface area contributed by atoms with Gasteiger partial charge in [-0.3, -0.25) is 4.90 Å². The first-order valence-corrected chi connectivity index (χ1v) is 17.1. The molecular weight excluding hydrogens is 623 g/mol. The molecule has 0 aliphatic carbocycles. The predicted octanol–water partition coefficient (Wildman–Crippen LogP) is 5.26. The number of anilines is 1. The van der Waals surface area contributed by atoms with Gasteiger partial charge in [0.1, 0.15) is 12.8 Å². The number of carbonyl (C=O) groups excluding carboxylic acids is 2. The number of aldehydes is 1. The van der Waals surface area contributed by atoms with Crippen LogP contribution >= 0.6 is 34.5 Å². The number of thiophene rings is 1. The van der Waals surface area contributed by atoms with E-state index in [1.54, 1.807) is 23.5 Å². The number of nitrogens with one attached hydrogen (secondary N) is 1. The highest BCUT2D eigenvalue weighted by Gasteiger charge is 2.64. The summed E-state index contributed by atoms with van der Waals surface area (Å²) in [5, 5.41) is 18.9. The lowest BCUT2D eigenvalue weighted by Gasteiger charge is -2.60. The van der Waals surface area contributed by atoms with Crippen LogP contribution in [-0.2, 0) is 17.9 Å². The van der Waals surface area contributed by atoms with Crippen LogP contribution in [0.25, 0.3) is 0 Å². The molecule has 2 N–H and O–H groups in total. The second-order valence-corrected chi connectivity index (χ2v) is 14.4. The molecule has 2 aromatic rings. The molecule has 6 rings (SSSR count). The molecule has 3 amide bonds. The van der Waals surface area contributed by atoms with Gasteiger partial charge in [-0.1, -0.05) is 29.3 Å². The number of fused-ring (bicyclic) bond motifs is 1. The summed E-state index contributed by atoms with van der Waals surface area (Å²) in [6.45, 7) is 5.98. The number of amides is 3. The Morgan fingerprint density at radius 3 is 2.52 bits per heavy atom. The molecule has 2 unspecified atom stereocenters. The van der Waals surface area contributed by atoms with Crippen molar-refractivity contribution in [2.24, 2.45) is 0 Å². The smallest absolute Gasteiger partial charge is 0.435 e. The number of halogens is 2. The molecule has 3 atom stereocenters. The molecule has 1 aromatic carbocycles. The van der Waals surface area contributed by atoms with Crippen molar-refractivity contribution in [3.8, 4) is 0 Å². The summed E-state index contributed by atoms with van der Waals surface area (Å²) >= 11 is 14.2. The van der Waals surface area contributed by atoms with Gasteiger partial charge in [0, 0.05) is 67.6 Å². The van der Waals surface area contributed by atoms with Crippen LogP contribution in [0.3, 0.4) is 0 Å². The molecule has 13 heteroatoms. The van der Waals surface area contributed by atoms with E-state index < -0.39 is 11.8 Å². The number of carboxylic acid groups (broad SMARTS) is 1. The topological polar surface area (TPSA) is 96.4 Å². The Bertz CT molecular complexity index is 1390. The van der Waals surface area contributed by atoms with E-state index in [1.807, 2.05) is 21.7 Å². The van der Waals surface area contributed by atoms with Crippen LogP contribution < -0.4 is 5.32 Å². The summed E-state index contributed by atoms with van der Waals surface area (Å²) < 4.78 is -0.326. The predicted molar refractivity (Wildman–Crippen MR) is 172 cm³/mol. The van der Waals surface area contributed by atoms with Gasteiger partial charge in [-0.25, -0.2) is 14.2 Å². The lowest BCUT2D eigenvalue weighted by Crippen LogP contribution is -2.79. The third-order valence-corrected chi connectivity index (χ3v) is 12.1. The number of nitrogens with zero attached hydrogens (tertiary/aromatic N) is 5. The van der Waals surface area contributed by atoms with Gasteiger partial charge in [-0.05, 0) is 50.5 Å². The van der Waals surface area contributed by atoms with E-state index in [0.717, 1.165) is 62.1 Å². The standard InChI is InChI=1S/C31H40Cl2N6O4S/c1-35-8-4-24(5-9-35)36-10-12-37(13-11-36)31(7-15-40)17-25(38-18-23-20-44-21-28(23)34-29(38)41)6-14-39(31,30(42)43)19-22-2-3-26(32)27(33)16-22/h2-3,15-16,20-21,24-25H,4-14,17-19H2,1H3,(H-,34,41,42,43)/p+1/t25?,31?,39-/m0/s1. The number of carbonyl (C=O) groups is 3. The van der Waals surface area contributed by atoms with Crippen molar-refractivity contribution in [2.45, 2.75) is 62.9 Å². The zero-order chi connectivity index (χ0) is 31.1. The third-order valence-electron chi connectivity index (χ3n) is 10.5. The highest BCUT2D eigenvalue weighted by Crippen LogP contribution is 2.46. The lowest BCUT2D eigenvalue weighted by molar-refractivity contribution is -0.942. The van der Waals surface area contributed by atoms with Crippen LogP contribution in [0.15, 0.2) is 29.0 Å². The number of likely N-dealkylation sites (tertiary alicyclic amines) is 2. The number of hydrogen-bond donors (Lipinski definition) is 2. The molecule has 3 saturated heterocycles. The highest BCUT2D eigenvalue weighted by molar-refractivity contribution is 7.08. The van der Waals surface area contributed by atoms with Crippen LogP contribution in [0.5, 0.6) is 0 Å². The molecule has 3 fully saturated rings. The second kappa shape index (κ2) is 12.9. The van der Waals surface area contributed by atoms with E-state index in [0.29, 0.717) is 48.6 Å². The monoisotopic (exact) mass is 663 g/mol. The number of piperazine rings is 1. The van der Waals surface area contributed by atoms with E-state index in [-0.39, 0.29) is 36.1 Å². The number of piperidine rings is 2. The van der Waals surface area contributed by atoms with Crippen molar-refractivity contribution in [3.05, 3.63) is 50.1 Å². The summed E-state index contributed by atoms with van der Waals surface area (Å²) in [7, 11) is 2.16. The minimum atomic E-state index is -1.06. The fraction of sp³-hybridized carbons (Fsp3) is 0.581. The first-order valence-electron chi connectivity index (χ1n) is 15.4. The molecule has 0 saturated carbocycles. The number of rotatable bonds is 7. The maximum absolute atomic E-state index is 13.6. The molecule has 238 valence electrons. The van der Waals surface area contributed by atoms with E-state index in [1.165, 1.54) is 0 Å². The van der Waals surface area contributed by atoms with Gasteiger partial charge in [-0.15, -0.1) is 11.3 Å². The van der Waals surface area contributed by atoms with Gasteiger partial charge in [-0.2, -0.15) is 4.79 Å². The van der Waals surface area contributed by atoms with Crippen LogP contribution in [0.2, 0.25) is 10.0 Å². The van der Waals surface area contributed by atoms with Gasteiger partial charge in [0.2, 0.25) is 0 Å². The third kappa shape index (κ3) is 5.77. The fourth-order valence-corrected chi connectivity index (χ4v) is 9.19. The average Bonchev–Trinajstić information content (AvgIpc) is 3.47. The molecule has 4 aliphatic heterocycles. The summed E-state index contributed by atoms with van der Waals surface area (Å²) in [5.74, 6) is 0. The van der Waals surface area contributed by atoms with Crippen molar-refractivity contribution in [2.75, 3.05) is 58.2 Å². The van der Waals surface area contributed by atoms with Crippen LogP contribution in [-0.4, -0.2) is 118 Å². The van der Waals surface area contributed by atoms with Gasteiger partial charge >= 0.3 is 12.1 Å². The van der Waals surface area contributed by atoms with Crippen LogP contribution in [0.4, 0.5) is 15.3 Å². The largest absolute Gasteiger partial charge is 0.515 e. The highest BCUT2D eigenvalue weighted by atomic mass is 35.5. The summed E-state index contributed by atoms with van der Waals surface area (Å²) in [5.41, 5.74) is 1.59. The molecule has 44 heavy (non-hydrogen) atoms. The first-order chi connectivity index (χ1) is 21.2. The Morgan fingerprint density at radius 1 is 1.09 bits per heavy atom. The molecule has 0 bridgehead atoms. The molecule has 0 spiro atoms. The van der Waals surface area contributed by atoms with E-state index >= 15 is 0 Å². The quantitative estimate of drug-likeness (QED) is 0.308. The van der Waals surface area contributed by atoms with Crippen molar-refractivity contribution >= 4 is 58.6 Å². The van der Waals surface area contributed by atoms with Gasteiger partial charge in [0.05, 0.1) is 35.2 Å². The normalized spacial score (nSPS) is 29.3. The van der Waals surface area contributed by atoms with Crippen molar-refractivity contribution in [3.63, 3.8) is 0 Å². The van der Waals surface area contributed by atoms with Crippen molar-refractivity contribution in [1.29, 1.82) is 0 Å². The fourth-order valence-electron chi connectivity index (χ4n) is 8.09. The molecule has 4 aliphatic rings. The summed E-state index contributed by atoms with van der Waals surface area (Å²) in [6, 6.07) is 5.37. The Labute approximate surface area is 272 Å².